The molecule has 24 heavy (non-hydrogen) atoms. The Morgan fingerprint density at radius 1 is 1.42 bits per heavy atom. The fraction of sp³-hybridized carbons (Fsp3) is 0.500. The third-order valence-corrected chi connectivity index (χ3v) is 4.18. The lowest BCUT2D eigenvalue weighted by molar-refractivity contribution is -0.199. The first-order chi connectivity index (χ1) is 11.5. The van der Waals surface area contributed by atoms with E-state index in [9.17, 15) is 19.1 Å². The third-order valence-electron chi connectivity index (χ3n) is 4.18. The van der Waals surface area contributed by atoms with Crippen LogP contribution in [0, 0.1) is 5.92 Å². The molecular formula is C16H17FN2O5. The number of azo groups is 1. The Balaban J connectivity index is 1.86. The number of rotatable bonds is 4. The molecule has 1 aromatic rings. The van der Waals surface area contributed by atoms with Crippen LogP contribution in [0.3, 0.4) is 0 Å². The summed E-state index contributed by atoms with van der Waals surface area (Å²) in [6.07, 6.45) is -5.93. The molecule has 1 saturated heterocycles. The molecule has 0 spiro atoms. The second kappa shape index (κ2) is 6.64. The smallest absolute Gasteiger partial charge is 0.313 e. The number of ether oxygens (including phenoxy) is 2. The standard InChI is InChI=1S/C16H17FN2O5/c1-8(20)23-14-12-10(7-18-19-12)16(22)24-15(14)13(21)11(17)9-5-3-2-4-6-9/h2-6,10-15,21H,7H2,1H3/t10?,11-,12?,13+,14?,15+/m1/s1. The summed E-state index contributed by atoms with van der Waals surface area (Å²) in [6.45, 7) is 1.31. The maximum atomic E-state index is 14.7. The Morgan fingerprint density at radius 2 is 2.12 bits per heavy atom. The van der Waals surface area contributed by atoms with Gasteiger partial charge in [0.05, 0.1) is 6.54 Å². The van der Waals surface area contributed by atoms with Crippen LogP contribution >= 0.6 is 0 Å². The first-order valence-electron chi connectivity index (χ1n) is 7.60. The monoisotopic (exact) mass is 336 g/mol. The minimum absolute atomic E-state index is 0.127. The second-order valence-corrected chi connectivity index (χ2v) is 5.82. The van der Waals surface area contributed by atoms with E-state index in [4.69, 9.17) is 9.47 Å². The fourth-order valence-corrected chi connectivity index (χ4v) is 3.00. The zero-order chi connectivity index (χ0) is 17.3. The highest BCUT2D eigenvalue weighted by Crippen LogP contribution is 2.36. The predicted molar refractivity (Wildman–Crippen MR) is 78.7 cm³/mol. The van der Waals surface area contributed by atoms with Gasteiger partial charge in [-0.2, -0.15) is 10.2 Å². The average Bonchev–Trinajstić information content (AvgIpc) is 3.07. The lowest BCUT2D eigenvalue weighted by Gasteiger charge is -2.38. The number of alkyl halides is 1. The molecule has 3 unspecified atom stereocenters. The number of aliphatic hydroxyl groups is 1. The van der Waals surface area contributed by atoms with Crippen molar-refractivity contribution in [1.29, 1.82) is 0 Å². The summed E-state index contributed by atoms with van der Waals surface area (Å²) < 4.78 is 25.0. The number of carbonyl (C=O) groups is 2. The van der Waals surface area contributed by atoms with E-state index >= 15 is 0 Å². The van der Waals surface area contributed by atoms with Gasteiger partial charge in [-0.05, 0) is 5.56 Å². The van der Waals surface area contributed by atoms with Crippen molar-refractivity contribution in [3.8, 4) is 0 Å². The van der Waals surface area contributed by atoms with Crippen LogP contribution in [0.1, 0.15) is 18.7 Å². The highest BCUT2D eigenvalue weighted by Gasteiger charge is 2.54. The summed E-state index contributed by atoms with van der Waals surface area (Å²) in [7, 11) is 0. The van der Waals surface area contributed by atoms with E-state index in [2.05, 4.69) is 10.2 Å². The number of esters is 2. The third kappa shape index (κ3) is 3.01. The zero-order valence-electron chi connectivity index (χ0n) is 12.9. The van der Waals surface area contributed by atoms with Crippen LogP contribution in [-0.4, -0.2) is 47.9 Å². The molecule has 1 N–H and O–H groups in total. The number of aliphatic hydroxyl groups excluding tert-OH is 1. The number of fused-ring (bicyclic) bond motifs is 1. The lowest BCUT2D eigenvalue weighted by atomic mass is 9.86. The summed E-state index contributed by atoms with van der Waals surface area (Å²) in [5.41, 5.74) is 0.234. The van der Waals surface area contributed by atoms with Gasteiger partial charge in [0.1, 0.15) is 18.1 Å². The van der Waals surface area contributed by atoms with Crippen molar-refractivity contribution in [2.75, 3.05) is 6.54 Å². The Morgan fingerprint density at radius 3 is 2.79 bits per heavy atom. The molecule has 7 nitrogen and oxygen atoms in total. The van der Waals surface area contributed by atoms with Crippen LogP contribution in [0.4, 0.5) is 4.39 Å². The molecule has 8 heteroatoms. The topological polar surface area (TPSA) is 97.6 Å². The van der Waals surface area contributed by atoms with Gasteiger partial charge in [0.2, 0.25) is 0 Å². The maximum Gasteiger partial charge on any atom is 0.313 e. The number of carbonyl (C=O) groups excluding carboxylic acids is 2. The lowest BCUT2D eigenvalue weighted by Crippen LogP contribution is -2.57. The van der Waals surface area contributed by atoms with Gasteiger partial charge >= 0.3 is 11.9 Å². The van der Waals surface area contributed by atoms with Gasteiger partial charge in [-0.3, -0.25) is 9.59 Å². The van der Waals surface area contributed by atoms with Crippen molar-refractivity contribution in [2.45, 2.75) is 37.4 Å². The molecule has 2 aliphatic rings. The number of nitrogens with zero attached hydrogens (tertiary/aromatic N) is 2. The summed E-state index contributed by atoms with van der Waals surface area (Å²) >= 11 is 0. The Kier molecular flexibility index (Phi) is 4.57. The van der Waals surface area contributed by atoms with Gasteiger partial charge in [0.15, 0.2) is 18.4 Å². The molecule has 0 bridgehead atoms. The van der Waals surface area contributed by atoms with Crippen LogP contribution < -0.4 is 0 Å². The van der Waals surface area contributed by atoms with Gasteiger partial charge in [-0.25, -0.2) is 4.39 Å². The van der Waals surface area contributed by atoms with E-state index in [1.54, 1.807) is 18.2 Å². The van der Waals surface area contributed by atoms with Crippen molar-refractivity contribution >= 4 is 11.9 Å². The summed E-state index contributed by atoms with van der Waals surface area (Å²) in [4.78, 5) is 23.4. The molecule has 128 valence electrons. The van der Waals surface area contributed by atoms with Crippen molar-refractivity contribution in [3.05, 3.63) is 35.9 Å². The summed E-state index contributed by atoms with van der Waals surface area (Å²) in [5.74, 6) is -1.93. The van der Waals surface area contributed by atoms with Crippen LogP contribution in [-0.2, 0) is 19.1 Å². The average molecular weight is 336 g/mol. The van der Waals surface area contributed by atoms with Crippen molar-refractivity contribution < 1.29 is 28.6 Å². The Hall–Kier alpha value is -2.35. The normalized spacial score (nSPS) is 31.0. The van der Waals surface area contributed by atoms with Crippen LogP contribution in [0.15, 0.2) is 40.6 Å². The number of benzene rings is 1. The quantitative estimate of drug-likeness (QED) is 0.838. The second-order valence-electron chi connectivity index (χ2n) is 5.82. The Labute approximate surface area is 137 Å². The van der Waals surface area contributed by atoms with Crippen molar-refractivity contribution in [3.63, 3.8) is 0 Å². The highest BCUT2D eigenvalue weighted by atomic mass is 19.1. The molecule has 1 fully saturated rings. The van der Waals surface area contributed by atoms with Gasteiger partial charge in [-0.1, -0.05) is 30.3 Å². The first kappa shape index (κ1) is 16.5. The Bertz CT molecular complexity index is 653. The van der Waals surface area contributed by atoms with Gasteiger partial charge in [-0.15, -0.1) is 0 Å². The molecule has 0 saturated carbocycles. The van der Waals surface area contributed by atoms with E-state index < -0.39 is 48.4 Å². The van der Waals surface area contributed by atoms with E-state index in [1.165, 1.54) is 19.1 Å². The molecule has 6 atom stereocenters. The molecule has 3 rings (SSSR count). The van der Waals surface area contributed by atoms with Gasteiger partial charge in [0.25, 0.3) is 0 Å². The van der Waals surface area contributed by atoms with E-state index in [1.807, 2.05) is 0 Å². The maximum absolute atomic E-state index is 14.7. The van der Waals surface area contributed by atoms with Gasteiger partial charge < -0.3 is 14.6 Å². The minimum Gasteiger partial charge on any atom is -0.456 e. The van der Waals surface area contributed by atoms with E-state index in [-0.39, 0.29) is 12.1 Å². The number of hydrogen-bond donors (Lipinski definition) is 1. The largest absolute Gasteiger partial charge is 0.456 e. The van der Waals surface area contributed by atoms with Crippen LogP contribution in [0.5, 0.6) is 0 Å². The summed E-state index contributed by atoms with van der Waals surface area (Å²) in [5, 5.41) is 18.1. The van der Waals surface area contributed by atoms with E-state index in [0.717, 1.165) is 0 Å². The van der Waals surface area contributed by atoms with Crippen molar-refractivity contribution in [2.24, 2.45) is 16.1 Å². The molecule has 2 aliphatic heterocycles. The zero-order valence-corrected chi connectivity index (χ0v) is 12.9. The molecule has 0 aliphatic carbocycles. The molecule has 2 heterocycles. The molecule has 0 radical (unpaired) electrons. The number of halogens is 1. The SMILES string of the molecule is CC(=O)OC1C2N=NCC2C(=O)O[C@H]1[C@@H](O)[C@H](F)c1ccccc1. The first-order valence-corrected chi connectivity index (χ1v) is 7.60. The number of cyclic esters (lactones) is 1. The van der Waals surface area contributed by atoms with Crippen molar-refractivity contribution in [1.82, 2.24) is 0 Å². The summed E-state index contributed by atoms with van der Waals surface area (Å²) in [6, 6.07) is 7.24. The molecule has 1 aromatic carbocycles. The minimum atomic E-state index is -1.81. The van der Waals surface area contributed by atoms with Crippen LogP contribution in [0.25, 0.3) is 0 Å². The predicted octanol–water partition coefficient (Wildman–Crippen LogP) is 1.37. The molecular weight excluding hydrogens is 319 g/mol. The fourth-order valence-electron chi connectivity index (χ4n) is 3.00. The number of hydrogen-bond acceptors (Lipinski definition) is 7. The molecule has 0 aromatic heterocycles. The molecule has 0 amide bonds. The van der Waals surface area contributed by atoms with Gasteiger partial charge in [0, 0.05) is 6.92 Å². The van der Waals surface area contributed by atoms with Crippen LogP contribution in [0.2, 0.25) is 0 Å². The van der Waals surface area contributed by atoms with E-state index in [0.29, 0.717) is 0 Å². The highest BCUT2D eigenvalue weighted by molar-refractivity contribution is 5.76.